The first-order valence-electron chi connectivity index (χ1n) is 12.6. The highest BCUT2D eigenvalue weighted by molar-refractivity contribution is 5.96. The van der Waals surface area contributed by atoms with E-state index in [0.29, 0.717) is 37.3 Å². The van der Waals surface area contributed by atoms with E-state index in [1.54, 1.807) is 4.90 Å². The molecule has 1 aliphatic carbocycles. The molecule has 15 heteroatoms. The van der Waals surface area contributed by atoms with Crippen LogP contribution in [0, 0.1) is 0 Å². The number of carbonyl (C=O) groups excluding carboxylic acids is 1. The Balaban J connectivity index is 1.27. The van der Waals surface area contributed by atoms with Crippen molar-refractivity contribution in [2.24, 2.45) is 0 Å². The molecule has 5 heterocycles. The molecular formula is C24H25F5N8O2. The van der Waals surface area contributed by atoms with Crippen LogP contribution < -0.4 is 9.80 Å². The fourth-order valence-corrected chi connectivity index (χ4v) is 5.77. The largest absolute Gasteiger partial charge is 0.433 e. The van der Waals surface area contributed by atoms with Crippen LogP contribution in [0.15, 0.2) is 30.7 Å². The topological polar surface area (TPSA) is 104 Å². The predicted molar refractivity (Wildman–Crippen MR) is 128 cm³/mol. The third kappa shape index (κ3) is 4.22. The Hall–Kier alpha value is -3.62. The van der Waals surface area contributed by atoms with Crippen molar-refractivity contribution in [3.8, 4) is 0 Å². The number of aliphatic hydroxyl groups excluding tert-OH is 1. The van der Waals surface area contributed by atoms with Crippen molar-refractivity contribution in [1.82, 2.24) is 29.6 Å². The molecule has 0 bridgehead atoms. The molecular weight excluding hydrogens is 527 g/mol. The number of alkyl halides is 5. The van der Waals surface area contributed by atoms with Gasteiger partial charge in [0, 0.05) is 19.1 Å². The van der Waals surface area contributed by atoms with Crippen LogP contribution in [0.1, 0.15) is 37.8 Å². The van der Waals surface area contributed by atoms with Gasteiger partial charge in [-0.05, 0) is 44.2 Å². The van der Waals surface area contributed by atoms with E-state index in [4.69, 9.17) is 0 Å². The summed E-state index contributed by atoms with van der Waals surface area (Å²) in [5.74, 6) is 0.464. The summed E-state index contributed by atoms with van der Waals surface area (Å²) < 4.78 is 66.1. The number of fused-ring (bicyclic) bond motifs is 1. The van der Waals surface area contributed by atoms with E-state index in [9.17, 15) is 31.9 Å². The van der Waals surface area contributed by atoms with E-state index in [2.05, 4.69) is 20.1 Å². The SMILES string of the molecule is O=C1N(c2ccc(C(F)(F)F)nc2)C(O)C2(CCN(c3cnc4cnn(CC(F)F)c4n3)CC2)N1C1CCC1. The molecule has 3 fully saturated rings. The van der Waals surface area contributed by atoms with E-state index < -0.39 is 42.6 Å². The molecule has 208 valence electrons. The van der Waals surface area contributed by atoms with Gasteiger partial charge < -0.3 is 14.9 Å². The van der Waals surface area contributed by atoms with E-state index in [0.717, 1.165) is 47.2 Å². The number of hydrogen-bond donors (Lipinski definition) is 1. The molecule has 1 spiro atoms. The summed E-state index contributed by atoms with van der Waals surface area (Å²) >= 11 is 0. The Morgan fingerprint density at radius 2 is 1.82 bits per heavy atom. The summed E-state index contributed by atoms with van der Waals surface area (Å²) in [5, 5.41) is 15.5. The number of nitrogens with zero attached hydrogens (tertiary/aromatic N) is 8. The Morgan fingerprint density at radius 3 is 2.41 bits per heavy atom. The average Bonchev–Trinajstić information content (AvgIpc) is 3.35. The first-order valence-corrected chi connectivity index (χ1v) is 12.6. The molecule has 2 saturated heterocycles. The lowest BCUT2D eigenvalue weighted by atomic mass is 9.80. The second kappa shape index (κ2) is 9.24. The van der Waals surface area contributed by atoms with Crippen LogP contribution in [0.25, 0.3) is 11.2 Å². The number of amides is 2. The van der Waals surface area contributed by atoms with Gasteiger partial charge in [-0.25, -0.2) is 33.2 Å². The quantitative estimate of drug-likeness (QED) is 0.482. The van der Waals surface area contributed by atoms with Gasteiger partial charge in [-0.3, -0.25) is 4.90 Å². The van der Waals surface area contributed by atoms with Gasteiger partial charge in [0.15, 0.2) is 11.9 Å². The van der Waals surface area contributed by atoms with Crippen LogP contribution in [-0.4, -0.2) is 78.1 Å². The van der Waals surface area contributed by atoms with Crippen molar-refractivity contribution in [1.29, 1.82) is 0 Å². The summed E-state index contributed by atoms with van der Waals surface area (Å²) in [7, 11) is 0. The summed E-state index contributed by atoms with van der Waals surface area (Å²) in [6.07, 6.45) is -1.44. The number of halogens is 5. The molecule has 0 radical (unpaired) electrons. The number of piperidine rings is 1. The summed E-state index contributed by atoms with van der Waals surface area (Å²) in [4.78, 5) is 30.7. The zero-order chi connectivity index (χ0) is 27.5. The van der Waals surface area contributed by atoms with Crippen molar-refractivity contribution in [3.05, 3.63) is 36.4 Å². The molecule has 1 saturated carbocycles. The van der Waals surface area contributed by atoms with Crippen molar-refractivity contribution in [3.63, 3.8) is 0 Å². The van der Waals surface area contributed by atoms with E-state index >= 15 is 0 Å². The number of aliphatic hydroxyl groups is 1. The highest BCUT2D eigenvalue weighted by Crippen LogP contribution is 2.47. The molecule has 1 N–H and O–H groups in total. The smallest absolute Gasteiger partial charge is 0.371 e. The molecule has 10 nitrogen and oxygen atoms in total. The van der Waals surface area contributed by atoms with Crippen molar-refractivity contribution >= 4 is 28.7 Å². The van der Waals surface area contributed by atoms with Gasteiger partial charge >= 0.3 is 12.2 Å². The van der Waals surface area contributed by atoms with E-state index in [-0.39, 0.29) is 17.4 Å². The zero-order valence-electron chi connectivity index (χ0n) is 20.6. The highest BCUT2D eigenvalue weighted by atomic mass is 19.4. The molecule has 0 aromatic carbocycles. The lowest BCUT2D eigenvalue weighted by molar-refractivity contribution is -0.141. The van der Waals surface area contributed by atoms with Gasteiger partial charge in [0.1, 0.15) is 23.6 Å². The van der Waals surface area contributed by atoms with Gasteiger partial charge in [-0.1, -0.05) is 0 Å². The highest BCUT2D eigenvalue weighted by Gasteiger charge is 2.60. The minimum atomic E-state index is -4.62. The maximum absolute atomic E-state index is 13.6. The summed E-state index contributed by atoms with van der Waals surface area (Å²) in [6.45, 7) is 0.162. The normalized spacial score (nSPS) is 22.0. The first kappa shape index (κ1) is 25.6. The number of rotatable bonds is 5. The Labute approximate surface area is 219 Å². The molecule has 3 aromatic heterocycles. The Morgan fingerprint density at radius 1 is 1.08 bits per heavy atom. The third-order valence-electron chi connectivity index (χ3n) is 7.97. The standard InChI is InChI=1S/C24H25F5N8O2/c25-18(26)13-35-20-16(11-32-35)30-12-19(33-20)34-8-6-23(7-9-34)21(38)36(22(39)37(23)14-2-1-3-14)15-4-5-17(31-10-15)24(27,28)29/h4-5,10-12,14,18,21,38H,1-3,6-9,13H2. The van der Waals surface area contributed by atoms with Crippen molar-refractivity contribution < 1.29 is 31.9 Å². The maximum atomic E-state index is 13.6. The monoisotopic (exact) mass is 552 g/mol. The van der Waals surface area contributed by atoms with Crippen LogP contribution in [0.2, 0.25) is 0 Å². The van der Waals surface area contributed by atoms with Crippen LogP contribution in [0.4, 0.5) is 38.3 Å². The number of urea groups is 1. The van der Waals surface area contributed by atoms with E-state index in [1.165, 1.54) is 12.4 Å². The maximum Gasteiger partial charge on any atom is 0.433 e. The number of anilines is 2. The van der Waals surface area contributed by atoms with Gasteiger partial charge in [0.05, 0.1) is 29.8 Å². The van der Waals surface area contributed by atoms with Crippen molar-refractivity contribution in [2.45, 2.75) is 69.1 Å². The molecule has 1 atom stereocenters. The average molecular weight is 553 g/mol. The number of hydrogen-bond acceptors (Lipinski definition) is 7. The van der Waals surface area contributed by atoms with Crippen LogP contribution in [-0.2, 0) is 12.7 Å². The van der Waals surface area contributed by atoms with Gasteiger partial charge in [0.25, 0.3) is 6.43 Å². The molecule has 39 heavy (non-hydrogen) atoms. The second-order valence-electron chi connectivity index (χ2n) is 10.1. The van der Waals surface area contributed by atoms with Gasteiger partial charge in [-0.2, -0.15) is 18.3 Å². The Bertz CT molecular complexity index is 1370. The van der Waals surface area contributed by atoms with Crippen LogP contribution >= 0.6 is 0 Å². The lowest BCUT2D eigenvalue weighted by Gasteiger charge is -2.50. The molecule has 6 rings (SSSR count). The lowest BCUT2D eigenvalue weighted by Crippen LogP contribution is -2.61. The van der Waals surface area contributed by atoms with Crippen molar-refractivity contribution in [2.75, 3.05) is 22.9 Å². The number of carbonyl (C=O) groups is 1. The first-order chi connectivity index (χ1) is 18.6. The predicted octanol–water partition coefficient (Wildman–Crippen LogP) is 3.66. The van der Waals surface area contributed by atoms with Crippen LogP contribution in [0.5, 0.6) is 0 Å². The minimum absolute atomic E-state index is 0.0778. The van der Waals surface area contributed by atoms with E-state index in [1.807, 2.05) is 4.90 Å². The summed E-state index contributed by atoms with van der Waals surface area (Å²) in [5.41, 5.74) is -1.33. The molecule has 3 aliphatic rings. The number of aromatic nitrogens is 5. The zero-order valence-corrected chi connectivity index (χ0v) is 20.6. The molecule has 3 aromatic rings. The summed E-state index contributed by atoms with van der Waals surface area (Å²) in [6, 6.07) is 1.41. The fraction of sp³-hybridized carbons (Fsp3) is 0.542. The number of pyridine rings is 1. The second-order valence-corrected chi connectivity index (χ2v) is 10.1. The minimum Gasteiger partial charge on any atom is -0.371 e. The van der Waals surface area contributed by atoms with Crippen LogP contribution in [0.3, 0.4) is 0 Å². The fourth-order valence-electron chi connectivity index (χ4n) is 5.77. The van der Waals surface area contributed by atoms with Gasteiger partial charge in [-0.15, -0.1) is 0 Å². The Kier molecular flexibility index (Phi) is 6.08. The molecule has 2 aliphatic heterocycles. The molecule has 2 amide bonds. The molecule has 1 unspecified atom stereocenters. The third-order valence-corrected chi connectivity index (χ3v) is 7.97. The van der Waals surface area contributed by atoms with Gasteiger partial charge in [0.2, 0.25) is 0 Å².